The van der Waals surface area contributed by atoms with Gasteiger partial charge in [0.15, 0.2) is 0 Å². The van der Waals surface area contributed by atoms with Crippen LogP contribution in [0.4, 0.5) is 0 Å². The zero-order valence-corrected chi connectivity index (χ0v) is 13.4. The van der Waals surface area contributed by atoms with Gasteiger partial charge in [-0.2, -0.15) is 0 Å². The highest BCUT2D eigenvalue weighted by atomic mass is 16.5. The van der Waals surface area contributed by atoms with Crippen LogP contribution in [0.15, 0.2) is 24.3 Å². The molecule has 0 bridgehead atoms. The van der Waals surface area contributed by atoms with Crippen LogP contribution in [-0.2, 0) is 16.1 Å². The van der Waals surface area contributed by atoms with E-state index in [2.05, 4.69) is 9.64 Å². The monoisotopic (exact) mass is 308 g/mol. The van der Waals surface area contributed by atoms with Crippen LogP contribution in [0.1, 0.15) is 22.3 Å². The highest BCUT2D eigenvalue weighted by Gasteiger charge is 2.07. The SMILES string of the molecule is COC(=O)c1ccc(CN(C)CCCN(C)CC(=O)O)cc1. The van der Waals surface area contributed by atoms with Gasteiger partial charge in [-0.3, -0.25) is 9.69 Å². The summed E-state index contributed by atoms with van der Waals surface area (Å²) in [5, 5.41) is 8.68. The van der Waals surface area contributed by atoms with E-state index in [9.17, 15) is 9.59 Å². The number of ether oxygens (including phenoxy) is 1. The number of aliphatic carboxylic acids is 1. The van der Waals surface area contributed by atoms with Gasteiger partial charge < -0.3 is 14.7 Å². The molecule has 0 aliphatic carbocycles. The van der Waals surface area contributed by atoms with Crippen LogP contribution in [0.2, 0.25) is 0 Å². The number of esters is 1. The largest absolute Gasteiger partial charge is 0.480 e. The lowest BCUT2D eigenvalue weighted by atomic mass is 10.1. The maximum atomic E-state index is 11.3. The van der Waals surface area contributed by atoms with Gasteiger partial charge in [-0.05, 0) is 51.3 Å². The molecule has 1 aromatic rings. The fourth-order valence-electron chi connectivity index (χ4n) is 2.18. The number of rotatable bonds is 9. The van der Waals surface area contributed by atoms with Crippen molar-refractivity contribution in [3.8, 4) is 0 Å². The van der Waals surface area contributed by atoms with Crippen LogP contribution in [0.25, 0.3) is 0 Å². The number of carboxylic acids is 1. The smallest absolute Gasteiger partial charge is 0.337 e. The maximum absolute atomic E-state index is 11.3. The number of nitrogens with zero attached hydrogens (tertiary/aromatic N) is 2. The molecule has 22 heavy (non-hydrogen) atoms. The van der Waals surface area contributed by atoms with E-state index in [-0.39, 0.29) is 12.5 Å². The molecule has 0 saturated heterocycles. The minimum atomic E-state index is -0.804. The molecule has 0 aromatic heterocycles. The van der Waals surface area contributed by atoms with Gasteiger partial charge in [0.2, 0.25) is 0 Å². The molecule has 0 radical (unpaired) electrons. The van der Waals surface area contributed by atoms with Crippen LogP contribution in [0, 0.1) is 0 Å². The van der Waals surface area contributed by atoms with Gasteiger partial charge in [0.05, 0.1) is 19.2 Å². The average molecular weight is 308 g/mol. The molecule has 0 spiro atoms. The fourth-order valence-corrected chi connectivity index (χ4v) is 2.18. The molecule has 0 aliphatic heterocycles. The third-order valence-corrected chi connectivity index (χ3v) is 3.31. The first kappa shape index (κ1) is 18.1. The summed E-state index contributed by atoms with van der Waals surface area (Å²) in [7, 11) is 5.19. The van der Waals surface area contributed by atoms with Gasteiger partial charge in [-0.15, -0.1) is 0 Å². The van der Waals surface area contributed by atoms with Crippen molar-refractivity contribution >= 4 is 11.9 Å². The highest BCUT2D eigenvalue weighted by Crippen LogP contribution is 2.08. The van der Waals surface area contributed by atoms with E-state index < -0.39 is 5.97 Å². The molecular formula is C16H24N2O4. The minimum Gasteiger partial charge on any atom is -0.480 e. The van der Waals surface area contributed by atoms with Crippen molar-refractivity contribution in [1.82, 2.24) is 9.80 Å². The molecule has 122 valence electrons. The summed E-state index contributed by atoms with van der Waals surface area (Å²) in [4.78, 5) is 25.9. The molecular weight excluding hydrogens is 284 g/mol. The molecule has 6 heteroatoms. The molecule has 0 aliphatic rings. The first-order chi connectivity index (χ1) is 10.4. The Balaban J connectivity index is 2.34. The van der Waals surface area contributed by atoms with E-state index in [4.69, 9.17) is 5.11 Å². The number of hydrogen-bond acceptors (Lipinski definition) is 5. The highest BCUT2D eigenvalue weighted by molar-refractivity contribution is 5.89. The van der Waals surface area contributed by atoms with Crippen LogP contribution in [0.3, 0.4) is 0 Å². The Kier molecular flexibility index (Phi) is 7.56. The van der Waals surface area contributed by atoms with Crippen molar-refractivity contribution in [2.24, 2.45) is 0 Å². The van der Waals surface area contributed by atoms with Crippen LogP contribution < -0.4 is 0 Å². The van der Waals surface area contributed by atoms with Gasteiger partial charge in [0.25, 0.3) is 0 Å². The third-order valence-electron chi connectivity index (χ3n) is 3.31. The second-order valence-electron chi connectivity index (χ2n) is 5.41. The Morgan fingerprint density at radius 1 is 1.09 bits per heavy atom. The minimum absolute atomic E-state index is 0.0682. The second-order valence-corrected chi connectivity index (χ2v) is 5.41. The lowest BCUT2D eigenvalue weighted by Crippen LogP contribution is -2.29. The zero-order valence-electron chi connectivity index (χ0n) is 13.4. The van der Waals surface area contributed by atoms with Gasteiger partial charge in [0, 0.05) is 6.54 Å². The Labute approximate surface area is 131 Å². The molecule has 1 rings (SSSR count). The van der Waals surface area contributed by atoms with Crippen molar-refractivity contribution in [3.05, 3.63) is 35.4 Å². The summed E-state index contributed by atoms with van der Waals surface area (Å²) in [6.07, 6.45) is 0.903. The Morgan fingerprint density at radius 3 is 2.23 bits per heavy atom. The lowest BCUT2D eigenvalue weighted by molar-refractivity contribution is -0.138. The first-order valence-electron chi connectivity index (χ1n) is 7.18. The molecule has 1 aromatic carbocycles. The Bertz CT molecular complexity index is 487. The second kappa shape index (κ2) is 9.17. The fraction of sp³-hybridized carbons (Fsp3) is 0.500. The lowest BCUT2D eigenvalue weighted by Gasteiger charge is -2.19. The molecule has 0 atom stereocenters. The summed E-state index contributed by atoms with van der Waals surface area (Å²) in [5.41, 5.74) is 1.67. The third kappa shape index (κ3) is 6.69. The number of hydrogen-bond donors (Lipinski definition) is 1. The summed E-state index contributed by atoms with van der Waals surface area (Å²) in [5.74, 6) is -1.14. The summed E-state index contributed by atoms with van der Waals surface area (Å²) < 4.78 is 4.66. The molecule has 0 heterocycles. The van der Waals surface area contributed by atoms with E-state index in [1.807, 2.05) is 19.2 Å². The van der Waals surface area contributed by atoms with E-state index in [0.717, 1.165) is 31.6 Å². The van der Waals surface area contributed by atoms with Gasteiger partial charge >= 0.3 is 11.9 Å². The molecule has 0 amide bonds. The van der Waals surface area contributed by atoms with Crippen molar-refractivity contribution in [3.63, 3.8) is 0 Å². The van der Waals surface area contributed by atoms with Gasteiger partial charge in [-0.1, -0.05) is 12.1 Å². The predicted octanol–water partition coefficient (Wildman–Crippen LogP) is 1.31. The van der Waals surface area contributed by atoms with Crippen LogP contribution in [0.5, 0.6) is 0 Å². The number of benzene rings is 1. The van der Waals surface area contributed by atoms with E-state index in [1.54, 1.807) is 24.1 Å². The summed E-state index contributed by atoms with van der Waals surface area (Å²) in [6.45, 7) is 2.48. The normalized spacial score (nSPS) is 11.0. The quantitative estimate of drug-likeness (QED) is 0.694. The molecule has 0 unspecified atom stereocenters. The number of likely N-dealkylation sites (N-methyl/N-ethyl adjacent to an activating group) is 1. The van der Waals surface area contributed by atoms with Crippen molar-refractivity contribution < 1.29 is 19.4 Å². The number of carboxylic acid groups (broad SMARTS) is 1. The predicted molar refractivity (Wildman–Crippen MR) is 83.9 cm³/mol. The summed E-state index contributed by atoms with van der Waals surface area (Å²) >= 11 is 0. The standard InChI is InChI=1S/C16H24N2O4/c1-17(9-4-10-18(2)12-15(19)20)11-13-5-7-14(8-6-13)16(21)22-3/h5-8H,4,9-12H2,1-3H3,(H,19,20). The first-order valence-corrected chi connectivity index (χ1v) is 7.18. The topological polar surface area (TPSA) is 70.1 Å². The Morgan fingerprint density at radius 2 is 1.68 bits per heavy atom. The van der Waals surface area contributed by atoms with Crippen LogP contribution in [-0.4, -0.2) is 67.7 Å². The van der Waals surface area contributed by atoms with E-state index in [0.29, 0.717) is 5.56 Å². The van der Waals surface area contributed by atoms with E-state index in [1.165, 1.54) is 7.11 Å². The van der Waals surface area contributed by atoms with E-state index >= 15 is 0 Å². The van der Waals surface area contributed by atoms with Gasteiger partial charge in [-0.25, -0.2) is 4.79 Å². The number of carbonyl (C=O) groups is 2. The van der Waals surface area contributed by atoms with Crippen molar-refractivity contribution in [2.45, 2.75) is 13.0 Å². The number of methoxy groups -OCH3 is 1. The average Bonchev–Trinajstić information content (AvgIpc) is 2.46. The molecule has 1 N–H and O–H groups in total. The Hall–Kier alpha value is -1.92. The zero-order chi connectivity index (χ0) is 16.5. The molecule has 6 nitrogen and oxygen atoms in total. The summed E-state index contributed by atoms with van der Waals surface area (Å²) in [6, 6.07) is 7.35. The number of carbonyl (C=O) groups excluding carboxylic acids is 1. The maximum Gasteiger partial charge on any atom is 0.337 e. The van der Waals surface area contributed by atoms with Gasteiger partial charge in [0.1, 0.15) is 0 Å². The molecule has 0 saturated carbocycles. The van der Waals surface area contributed by atoms with Crippen molar-refractivity contribution in [2.75, 3.05) is 40.8 Å². The molecule has 0 fully saturated rings. The van der Waals surface area contributed by atoms with Crippen molar-refractivity contribution in [1.29, 1.82) is 0 Å². The van der Waals surface area contributed by atoms with Crippen LogP contribution >= 0.6 is 0 Å².